The first-order valence-corrected chi connectivity index (χ1v) is 5.42. The van der Waals surface area contributed by atoms with E-state index in [0.717, 1.165) is 0 Å². The third kappa shape index (κ3) is 3.35. The van der Waals surface area contributed by atoms with Gasteiger partial charge in [0.15, 0.2) is 6.04 Å². The summed E-state index contributed by atoms with van der Waals surface area (Å²) in [6.45, 7) is 1.73. The maximum atomic E-state index is 11.6. The van der Waals surface area contributed by atoms with Crippen LogP contribution >= 0.6 is 0 Å². The van der Waals surface area contributed by atoms with Gasteiger partial charge in [-0.2, -0.15) is 0 Å². The van der Waals surface area contributed by atoms with Crippen molar-refractivity contribution in [2.45, 2.75) is 13.0 Å². The lowest BCUT2D eigenvalue weighted by Crippen LogP contribution is -2.42. The Bertz CT molecular complexity index is 501. The molecule has 19 heavy (non-hydrogen) atoms. The fourth-order valence-electron chi connectivity index (χ4n) is 1.48. The Kier molecular flexibility index (Phi) is 4.71. The van der Waals surface area contributed by atoms with Crippen molar-refractivity contribution in [3.8, 4) is 11.5 Å². The molecule has 1 rings (SSSR count). The smallest absolute Gasteiger partial charge is 0.330 e. The van der Waals surface area contributed by atoms with Crippen LogP contribution in [0, 0.1) is 6.92 Å². The van der Waals surface area contributed by atoms with Crippen LogP contribution in [0.15, 0.2) is 12.1 Å². The first kappa shape index (κ1) is 14.8. The topological polar surface area (TPSA) is 111 Å². The van der Waals surface area contributed by atoms with E-state index in [9.17, 15) is 9.59 Å². The molecule has 1 unspecified atom stereocenters. The number of aryl methyl sites for hydroxylation is 1. The molecule has 7 heteroatoms. The van der Waals surface area contributed by atoms with Gasteiger partial charge in [0, 0.05) is 6.07 Å². The minimum absolute atomic E-state index is 0.364. The Hall–Kier alpha value is -2.28. The van der Waals surface area contributed by atoms with Crippen molar-refractivity contribution in [1.29, 1.82) is 0 Å². The Labute approximate surface area is 110 Å². The van der Waals surface area contributed by atoms with Crippen LogP contribution in [0.2, 0.25) is 0 Å². The van der Waals surface area contributed by atoms with Gasteiger partial charge in [0.05, 0.1) is 19.9 Å². The molecule has 0 aliphatic rings. The van der Waals surface area contributed by atoms with Crippen LogP contribution in [0.3, 0.4) is 0 Å². The van der Waals surface area contributed by atoms with Crippen molar-refractivity contribution >= 4 is 17.6 Å². The zero-order valence-corrected chi connectivity index (χ0v) is 10.9. The molecule has 0 saturated heterocycles. The van der Waals surface area contributed by atoms with Crippen LogP contribution < -0.4 is 20.5 Å². The molecule has 0 bridgehead atoms. The summed E-state index contributed by atoms with van der Waals surface area (Å²) >= 11 is 0. The Morgan fingerprint density at radius 1 is 1.32 bits per heavy atom. The van der Waals surface area contributed by atoms with Gasteiger partial charge in [-0.05, 0) is 18.6 Å². The zero-order valence-electron chi connectivity index (χ0n) is 10.9. The molecular formula is C12H16N2O5. The number of carboxylic acid groups (broad SMARTS) is 1. The molecule has 1 atom stereocenters. The van der Waals surface area contributed by atoms with Gasteiger partial charge in [-0.25, -0.2) is 4.79 Å². The highest BCUT2D eigenvalue weighted by Crippen LogP contribution is 2.33. The monoisotopic (exact) mass is 268 g/mol. The molecule has 0 aliphatic carbocycles. The summed E-state index contributed by atoms with van der Waals surface area (Å²) in [7, 11) is 2.94. The van der Waals surface area contributed by atoms with Crippen molar-refractivity contribution in [3.05, 3.63) is 17.7 Å². The van der Waals surface area contributed by atoms with E-state index < -0.39 is 17.9 Å². The normalized spacial score (nSPS) is 11.6. The van der Waals surface area contributed by atoms with Gasteiger partial charge in [0.2, 0.25) is 0 Å². The number of aliphatic carboxylic acids is 1. The SMILES string of the molecule is COc1cc(C)c(NC(=O)C(N)C(=O)O)c(OC)c1. The van der Waals surface area contributed by atoms with E-state index in [1.54, 1.807) is 19.1 Å². The molecule has 0 fully saturated rings. The second-order valence-electron chi connectivity index (χ2n) is 3.83. The number of nitrogens with one attached hydrogen (secondary N) is 1. The molecule has 4 N–H and O–H groups in total. The van der Waals surface area contributed by atoms with Gasteiger partial charge in [-0.15, -0.1) is 0 Å². The average molecular weight is 268 g/mol. The second-order valence-corrected chi connectivity index (χ2v) is 3.83. The van der Waals surface area contributed by atoms with Crippen LogP contribution in [0.5, 0.6) is 11.5 Å². The molecule has 1 aromatic rings. The van der Waals surface area contributed by atoms with Crippen LogP contribution in [0.25, 0.3) is 0 Å². The summed E-state index contributed by atoms with van der Waals surface area (Å²) in [5.74, 6) is -1.29. The summed E-state index contributed by atoms with van der Waals surface area (Å²) in [6.07, 6.45) is 0. The molecule has 104 valence electrons. The number of carboxylic acids is 1. The molecule has 0 aromatic heterocycles. The lowest BCUT2D eigenvalue weighted by atomic mass is 10.1. The van der Waals surface area contributed by atoms with Gasteiger partial charge < -0.3 is 25.6 Å². The maximum absolute atomic E-state index is 11.6. The number of rotatable bonds is 5. The fourth-order valence-corrected chi connectivity index (χ4v) is 1.48. The average Bonchev–Trinajstić information content (AvgIpc) is 2.39. The van der Waals surface area contributed by atoms with E-state index in [4.69, 9.17) is 20.3 Å². The predicted octanol–water partition coefficient (Wildman–Crippen LogP) is 0.363. The number of methoxy groups -OCH3 is 2. The Morgan fingerprint density at radius 2 is 1.95 bits per heavy atom. The highest BCUT2D eigenvalue weighted by atomic mass is 16.5. The quantitative estimate of drug-likeness (QED) is 0.665. The molecular weight excluding hydrogens is 252 g/mol. The Morgan fingerprint density at radius 3 is 2.42 bits per heavy atom. The number of carbonyl (C=O) groups excluding carboxylic acids is 1. The van der Waals surface area contributed by atoms with Crippen molar-refractivity contribution in [2.24, 2.45) is 5.73 Å². The van der Waals surface area contributed by atoms with Gasteiger partial charge in [-0.3, -0.25) is 4.79 Å². The minimum Gasteiger partial charge on any atom is -0.497 e. The van der Waals surface area contributed by atoms with E-state index >= 15 is 0 Å². The van der Waals surface area contributed by atoms with E-state index in [1.807, 2.05) is 0 Å². The lowest BCUT2D eigenvalue weighted by molar-refractivity contribution is -0.141. The first-order valence-electron chi connectivity index (χ1n) is 5.42. The second kappa shape index (κ2) is 6.05. The number of nitrogens with two attached hydrogens (primary N) is 1. The summed E-state index contributed by atoms with van der Waals surface area (Å²) < 4.78 is 10.2. The molecule has 0 radical (unpaired) electrons. The van der Waals surface area contributed by atoms with Crippen molar-refractivity contribution in [2.75, 3.05) is 19.5 Å². The summed E-state index contributed by atoms with van der Waals surface area (Å²) in [5.41, 5.74) is 6.26. The lowest BCUT2D eigenvalue weighted by Gasteiger charge is -2.15. The van der Waals surface area contributed by atoms with Crippen LogP contribution in [0.4, 0.5) is 5.69 Å². The van der Waals surface area contributed by atoms with E-state index in [0.29, 0.717) is 22.7 Å². The summed E-state index contributed by atoms with van der Waals surface area (Å²) in [5, 5.41) is 11.1. The third-order valence-corrected chi connectivity index (χ3v) is 2.53. The number of hydrogen-bond donors (Lipinski definition) is 3. The van der Waals surface area contributed by atoms with E-state index in [-0.39, 0.29) is 0 Å². The third-order valence-electron chi connectivity index (χ3n) is 2.53. The summed E-state index contributed by atoms with van der Waals surface area (Å²) in [4.78, 5) is 22.3. The van der Waals surface area contributed by atoms with Crippen LogP contribution in [-0.4, -0.2) is 37.2 Å². The molecule has 7 nitrogen and oxygen atoms in total. The van der Waals surface area contributed by atoms with Crippen molar-refractivity contribution in [1.82, 2.24) is 0 Å². The van der Waals surface area contributed by atoms with Gasteiger partial charge in [0.25, 0.3) is 5.91 Å². The predicted molar refractivity (Wildman–Crippen MR) is 68.5 cm³/mol. The molecule has 1 aromatic carbocycles. The van der Waals surface area contributed by atoms with Crippen LogP contribution in [0.1, 0.15) is 5.56 Å². The number of amides is 1. The minimum atomic E-state index is -1.63. The molecule has 1 amide bonds. The standard InChI is InChI=1S/C12H16N2O5/c1-6-4-7(18-2)5-8(19-3)10(6)14-11(15)9(13)12(16)17/h4-5,9H,13H2,1-3H3,(H,14,15)(H,16,17). The van der Waals surface area contributed by atoms with Gasteiger partial charge in [-0.1, -0.05) is 0 Å². The largest absolute Gasteiger partial charge is 0.497 e. The zero-order chi connectivity index (χ0) is 14.6. The number of anilines is 1. The highest BCUT2D eigenvalue weighted by molar-refractivity contribution is 6.08. The number of benzene rings is 1. The number of ether oxygens (including phenoxy) is 2. The number of hydrogen-bond acceptors (Lipinski definition) is 5. The van der Waals surface area contributed by atoms with Crippen molar-refractivity contribution < 1.29 is 24.2 Å². The molecule has 0 heterocycles. The fraction of sp³-hybridized carbons (Fsp3) is 0.333. The van der Waals surface area contributed by atoms with Gasteiger partial charge in [0.1, 0.15) is 11.5 Å². The van der Waals surface area contributed by atoms with E-state index in [2.05, 4.69) is 5.32 Å². The summed E-state index contributed by atoms with van der Waals surface area (Å²) in [6, 6.07) is 1.63. The molecule has 0 spiro atoms. The Balaban J connectivity index is 3.07. The highest BCUT2D eigenvalue weighted by Gasteiger charge is 2.23. The van der Waals surface area contributed by atoms with E-state index in [1.165, 1.54) is 14.2 Å². The molecule has 0 saturated carbocycles. The first-order chi connectivity index (χ1) is 8.90. The number of carbonyl (C=O) groups is 2. The van der Waals surface area contributed by atoms with Crippen molar-refractivity contribution in [3.63, 3.8) is 0 Å². The van der Waals surface area contributed by atoms with Gasteiger partial charge >= 0.3 is 5.97 Å². The maximum Gasteiger partial charge on any atom is 0.330 e. The van der Waals surface area contributed by atoms with Crippen LogP contribution in [-0.2, 0) is 9.59 Å². The molecule has 0 aliphatic heterocycles.